The maximum absolute atomic E-state index is 10.4. The van der Waals surface area contributed by atoms with Gasteiger partial charge in [0.15, 0.2) is 0 Å². The van der Waals surface area contributed by atoms with Gasteiger partial charge in [-0.15, -0.1) is 0 Å². The van der Waals surface area contributed by atoms with E-state index in [1.54, 1.807) is 18.2 Å². The molecule has 164 valence electrons. The molecule has 0 aromatic heterocycles. The van der Waals surface area contributed by atoms with Gasteiger partial charge in [-0.3, -0.25) is 4.55 Å². The van der Waals surface area contributed by atoms with Crippen molar-refractivity contribution < 1.29 is 13.0 Å². The SMILES string of the molecule is CCCCCCCCCCCCCCCCC[CH2][Na].O=S(=O)(O)c1ccccc1. The van der Waals surface area contributed by atoms with E-state index in [1.165, 1.54) is 146 Å². The number of benzene rings is 1. The summed E-state index contributed by atoms with van der Waals surface area (Å²) in [5.74, 6) is 0. The third-order valence-corrected chi connectivity index (χ3v) is 6.82. The zero-order valence-corrected chi connectivity index (χ0v) is 21.9. The van der Waals surface area contributed by atoms with Gasteiger partial charge in [-0.2, -0.15) is 8.42 Å². The van der Waals surface area contributed by atoms with Gasteiger partial charge in [-0.1, -0.05) is 57.2 Å². The van der Waals surface area contributed by atoms with Gasteiger partial charge in [0.2, 0.25) is 0 Å². The summed E-state index contributed by atoms with van der Waals surface area (Å²) in [6.07, 6.45) is 23.7. The zero-order chi connectivity index (χ0) is 21.6. The van der Waals surface area contributed by atoms with E-state index in [2.05, 4.69) is 6.92 Å². The minimum atomic E-state index is -4.00. The van der Waals surface area contributed by atoms with E-state index < -0.39 is 10.1 Å². The predicted molar refractivity (Wildman–Crippen MR) is 126 cm³/mol. The molecule has 1 N–H and O–H groups in total. The van der Waals surface area contributed by atoms with Crippen LogP contribution in [0.15, 0.2) is 35.2 Å². The van der Waals surface area contributed by atoms with E-state index in [1.807, 2.05) is 0 Å². The summed E-state index contributed by atoms with van der Waals surface area (Å²) in [5, 5.41) is 0. The quantitative estimate of drug-likeness (QED) is 0.155. The first-order valence-corrected chi connectivity index (χ1v) is 14.9. The molecule has 0 saturated carbocycles. The van der Waals surface area contributed by atoms with E-state index in [4.69, 9.17) is 4.55 Å². The molecule has 0 fully saturated rings. The third kappa shape index (κ3) is 21.2. The fourth-order valence-corrected chi connectivity index (χ4v) is 4.39. The molecule has 0 radical (unpaired) electrons. The smallest absolute Gasteiger partial charge is 0.282 e. The summed E-state index contributed by atoms with van der Waals surface area (Å²) in [7, 11) is -4.00. The Morgan fingerprint density at radius 1 is 0.655 bits per heavy atom. The van der Waals surface area contributed by atoms with Crippen molar-refractivity contribution in [1.29, 1.82) is 0 Å². The maximum atomic E-state index is 10.4. The van der Waals surface area contributed by atoms with Crippen LogP contribution in [0.3, 0.4) is 0 Å². The molecule has 0 spiro atoms. The Morgan fingerprint density at radius 3 is 1.28 bits per heavy atom. The van der Waals surface area contributed by atoms with Crippen molar-refractivity contribution in [2.45, 2.75) is 118 Å². The van der Waals surface area contributed by atoms with E-state index >= 15 is 0 Å². The van der Waals surface area contributed by atoms with Crippen molar-refractivity contribution in [1.82, 2.24) is 0 Å². The molecule has 0 amide bonds. The fourth-order valence-electron chi connectivity index (χ4n) is 3.39. The summed E-state index contributed by atoms with van der Waals surface area (Å²) in [6, 6.07) is 7.42. The fraction of sp³-hybridized carbons (Fsp3) is 0.750. The topological polar surface area (TPSA) is 54.4 Å². The van der Waals surface area contributed by atoms with Gasteiger partial charge in [0, 0.05) is 0 Å². The minimum absolute atomic E-state index is 0.0741. The molecule has 1 rings (SSSR count). The zero-order valence-electron chi connectivity index (χ0n) is 19.1. The normalized spacial score (nSPS) is 11.2. The monoisotopic (exact) mass is 434 g/mol. The second-order valence-corrected chi connectivity index (χ2v) is 10.5. The molecule has 0 aliphatic rings. The van der Waals surface area contributed by atoms with Crippen molar-refractivity contribution in [3.63, 3.8) is 0 Å². The van der Waals surface area contributed by atoms with Crippen molar-refractivity contribution >= 4 is 38.0 Å². The van der Waals surface area contributed by atoms with Crippen molar-refractivity contribution in [3.05, 3.63) is 30.3 Å². The van der Waals surface area contributed by atoms with Crippen LogP contribution in [0.4, 0.5) is 0 Å². The molecule has 0 bridgehead atoms. The Kier molecular flexibility index (Phi) is 21.5. The Bertz CT molecular complexity index is 531. The summed E-state index contributed by atoms with van der Waals surface area (Å²) >= 11 is 1.41. The molecule has 0 heterocycles. The summed E-state index contributed by atoms with van der Waals surface area (Å²) in [5.41, 5.74) is 0. The van der Waals surface area contributed by atoms with Crippen LogP contribution in [-0.2, 0) is 10.1 Å². The summed E-state index contributed by atoms with van der Waals surface area (Å²) in [6.45, 7) is 2.30. The predicted octanol–water partition coefficient (Wildman–Crippen LogP) is 7.77. The van der Waals surface area contributed by atoms with E-state index in [-0.39, 0.29) is 4.90 Å². The van der Waals surface area contributed by atoms with Gasteiger partial charge < -0.3 is 0 Å². The van der Waals surface area contributed by atoms with Gasteiger partial charge in [0.05, 0.1) is 4.90 Å². The summed E-state index contributed by atoms with van der Waals surface area (Å²) in [4.78, 5) is -0.0741. The van der Waals surface area contributed by atoms with E-state index in [0.717, 1.165) is 0 Å². The van der Waals surface area contributed by atoms with Crippen LogP contribution < -0.4 is 0 Å². The second-order valence-electron chi connectivity index (χ2n) is 8.09. The van der Waals surface area contributed by atoms with Crippen LogP contribution in [0.2, 0.25) is 3.67 Å². The molecule has 5 heteroatoms. The molecular formula is C24H43NaO3S. The first-order valence-electron chi connectivity index (χ1n) is 12.0. The van der Waals surface area contributed by atoms with Crippen LogP contribution in [0.25, 0.3) is 0 Å². The van der Waals surface area contributed by atoms with Crippen molar-refractivity contribution in [2.75, 3.05) is 0 Å². The number of rotatable bonds is 17. The molecular weight excluding hydrogens is 391 g/mol. The van der Waals surface area contributed by atoms with Crippen molar-refractivity contribution in [2.24, 2.45) is 0 Å². The van der Waals surface area contributed by atoms with Gasteiger partial charge in [0.1, 0.15) is 0 Å². The van der Waals surface area contributed by atoms with Crippen LogP contribution >= 0.6 is 0 Å². The van der Waals surface area contributed by atoms with Gasteiger partial charge >= 0.3 is 102 Å². The Labute approximate surface area is 198 Å². The average molecular weight is 435 g/mol. The average Bonchev–Trinajstić information content (AvgIpc) is 2.71. The first kappa shape index (κ1) is 29.1. The molecule has 1 aromatic carbocycles. The third-order valence-electron chi connectivity index (χ3n) is 5.25. The number of hydrogen-bond acceptors (Lipinski definition) is 2. The molecule has 0 saturated heterocycles. The van der Waals surface area contributed by atoms with Crippen LogP contribution in [0.5, 0.6) is 0 Å². The number of unbranched alkanes of at least 4 members (excludes halogenated alkanes) is 15. The Hall–Kier alpha value is 0.130. The molecule has 0 aliphatic carbocycles. The Balaban J connectivity index is 0.000000651. The van der Waals surface area contributed by atoms with Crippen LogP contribution in [-0.4, -0.2) is 40.9 Å². The van der Waals surface area contributed by atoms with Gasteiger partial charge in [-0.05, 0) is 12.1 Å². The van der Waals surface area contributed by atoms with Crippen LogP contribution in [0.1, 0.15) is 110 Å². The Morgan fingerprint density at radius 2 is 1.00 bits per heavy atom. The molecule has 0 unspecified atom stereocenters. The number of hydrogen-bond donors (Lipinski definition) is 1. The minimum Gasteiger partial charge on any atom is -0.282 e. The molecule has 3 nitrogen and oxygen atoms in total. The van der Waals surface area contributed by atoms with Gasteiger partial charge in [-0.25, -0.2) is 0 Å². The largest absolute Gasteiger partial charge is 0.294 e. The van der Waals surface area contributed by atoms with E-state index in [0.29, 0.717) is 0 Å². The molecule has 0 atom stereocenters. The summed E-state index contributed by atoms with van der Waals surface area (Å²) < 4.78 is 30.8. The maximum Gasteiger partial charge on any atom is 0.294 e. The van der Waals surface area contributed by atoms with Gasteiger partial charge in [0.25, 0.3) is 10.1 Å². The standard InChI is InChI=1S/C18H37.C6H6O3S.Na/c1-3-5-7-9-11-13-15-17-18-16-14-12-10-8-6-4-2;7-10(8,9)6-4-2-1-3-5-6;/h1,3-18H2,2H3;1-5H,(H,7,8,9);. The molecule has 1 aromatic rings. The molecule has 0 aliphatic heterocycles. The second kappa shape index (κ2) is 21.4. The van der Waals surface area contributed by atoms with Crippen LogP contribution in [0, 0.1) is 0 Å². The van der Waals surface area contributed by atoms with Crippen molar-refractivity contribution in [3.8, 4) is 0 Å². The molecule has 29 heavy (non-hydrogen) atoms. The van der Waals surface area contributed by atoms with E-state index in [9.17, 15) is 8.42 Å². The first-order chi connectivity index (χ1) is 14.0.